The smallest absolute Gasteiger partial charge is 0.263 e. The molecule has 1 aromatic rings. The number of rotatable bonds is 6. The number of carbonyl (C=O) groups is 1. The summed E-state index contributed by atoms with van der Waals surface area (Å²) in [6.45, 7) is 5.18. The van der Waals surface area contributed by atoms with E-state index in [1.165, 1.54) is 11.8 Å². The molecule has 0 saturated carbocycles. The molecule has 1 fully saturated rings. The summed E-state index contributed by atoms with van der Waals surface area (Å²) >= 11 is 6.24. The van der Waals surface area contributed by atoms with E-state index in [2.05, 4.69) is 12.2 Å². The van der Waals surface area contributed by atoms with Crippen LogP contribution in [-0.2, 0) is 4.79 Å². The molecule has 1 aliphatic rings. The largest absolute Gasteiger partial charge is 0.490 e. The summed E-state index contributed by atoms with van der Waals surface area (Å²) in [7, 11) is 0. The van der Waals surface area contributed by atoms with Crippen LogP contribution in [0.15, 0.2) is 23.1 Å². The molecule has 0 aliphatic carbocycles. The maximum atomic E-state index is 11.7. The van der Waals surface area contributed by atoms with Gasteiger partial charge in [0.15, 0.2) is 11.5 Å². The van der Waals surface area contributed by atoms with Crippen molar-refractivity contribution < 1.29 is 14.3 Å². The predicted octanol–water partition coefficient (Wildman–Crippen LogP) is 3.36. The highest BCUT2D eigenvalue weighted by molar-refractivity contribution is 8.26. The Hall–Kier alpha value is -1.53. The first-order valence-corrected chi connectivity index (χ1v) is 8.01. The molecule has 1 amide bonds. The molecule has 6 heteroatoms. The Bertz CT molecular complexity index is 584. The zero-order valence-electron chi connectivity index (χ0n) is 12.0. The number of nitrogens with one attached hydrogen (secondary N) is 1. The summed E-state index contributed by atoms with van der Waals surface area (Å²) in [6, 6.07) is 5.63. The van der Waals surface area contributed by atoms with Gasteiger partial charge < -0.3 is 14.8 Å². The highest BCUT2D eigenvalue weighted by Crippen LogP contribution is 2.31. The summed E-state index contributed by atoms with van der Waals surface area (Å²) in [6.07, 6.45) is 2.73. The maximum Gasteiger partial charge on any atom is 0.263 e. The van der Waals surface area contributed by atoms with Crippen LogP contribution in [0.25, 0.3) is 6.08 Å². The number of ether oxygens (including phenoxy) is 2. The molecule has 1 aliphatic heterocycles. The van der Waals surface area contributed by atoms with Gasteiger partial charge in [-0.15, -0.1) is 0 Å². The van der Waals surface area contributed by atoms with Crippen molar-refractivity contribution in [1.29, 1.82) is 0 Å². The van der Waals surface area contributed by atoms with Crippen molar-refractivity contribution in [2.24, 2.45) is 0 Å². The van der Waals surface area contributed by atoms with Gasteiger partial charge in [0.25, 0.3) is 5.91 Å². The van der Waals surface area contributed by atoms with Crippen molar-refractivity contribution in [2.75, 3.05) is 13.2 Å². The van der Waals surface area contributed by atoms with Crippen LogP contribution in [0.1, 0.15) is 25.8 Å². The van der Waals surface area contributed by atoms with E-state index in [0.717, 1.165) is 17.7 Å². The first kappa shape index (κ1) is 15.9. The van der Waals surface area contributed by atoms with E-state index in [9.17, 15) is 4.79 Å². The summed E-state index contributed by atoms with van der Waals surface area (Å²) in [5.74, 6) is 1.25. The number of benzene rings is 1. The molecule has 0 spiro atoms. The predicted molar refractivity (Wildman–Crippen MR) is 89.7 cm³/mol. The first-order chi connectivity index (χ1) is 10.1. The molecule has 0 bridgehead atoms. The van der Waals surface area contributed by atoms with E-state index in [1.807, 2.05) is 25.1 Å². The lowest BCUT2D eigenvalue weighted by molar-refractivity contribution is -0.115. The third kappa shape index (κ3) is 4.22. The van der Waals surface area contributed by atoms with Crippen molar-refractivity contribution in [3.8, 4) is 11.5 Å². The van der Waals surface area contributed by atoms with Crippen molar-refractivity contribution in [3.63, 3.8) is 0 Å². The van der Waals surface area contributed by atoms with Crippen LogP contribution in [0, 0.1) is 0 Å². The average molecular weight is 323 g/mol. The number of amides is 1. The van der Waals surface area contributed by atoms with E-state index in [0.29, 0.717) is 28.2 Å². The monoisotopic (exact) mass is 323 g/mol. The van der Waals surface area contributed by atoms with Gasteiger partial charge in [0, 0.05) is 0 Å². The number of hydrogen-bond acceptors (Lipinski definition) is 5. The number of thioether (sulfide) groups is 1. The molecule has 0 radical (unpaired) electrons. The standard InChI is InChI=1S/C15H17NO3S2/c1-3-7-19-11-6-5-10(8-12(11)18-4-2)9-13-14(17)16-15(20)21-13/h5-6,8-9H,3-4,7H2,1-2H3,(H,16,17,20)/b13-9-. The Labute approximate surface area is 133 Å². The van der Waals surface area contributed by atoms with Gasteiger partial charge >= 0.3 is 0 Å². The SMILES string of the molecule is CCCOc1ccc(/C=C2\SC(=S)NC2=O)cc1OCC. The molecule has 112 valence electrons. The Morgan fingerprint density at radius 2 is 2.10 bits per heavy atom. The highest BCUT2D eigenvalue weighted by Gasteiger charge is 2.22. The first-order valence-electron chi connectivity index (χ1n) is 6.78. The third-order valence-electron chi connectivity index (χ3n) is 2.67. The second kappa shape index (κ2) is 7.47. The van der Waals surface area contributed by atoms with Crippen LogP contribution in [0.5, 0.6) is 11.5 Å². The molecule has 0 aromatic heterocycles. The highest BCUT2D eigenvalue weighted by atomic mass is 32.2. The van der Waals surface area contributed by atoms with E-state index in [4.69, 9.17) is 21.7 Å². The molecule has 4 nitrogen and oxygen atoms in total. The Kier molecular flexibility index (Phi) is 5.64. The van der Waals surface area contributed by atoms with Gasteiger partial charge in [0.2, 0.25) is 0 Å². The normalized spacial score (nSPS) is 16.2. The summed E-state index contributed by atoms with van der Waals surface area (Å²) in [5, 5.41) is 2.60. The Balaban J connectivity index is 2.25. The minimum atomic E-state index is -0.158. The molecule has 1 heterocycles. The van der Waals surface area contributed by atoms with Gasteiger partial charge in [-0.1, -0.05) is 37.0 Å². The Morgan fingerprint density at radius 1 is 1.29 bits per heavy atom. The molecule has 0 atom stereocenters. The van der Waals surface area contributed by atoms with E-state index in [-0.39, 0.29) is 5.91 Å². The molecular weight excluding hydrogens is 306 g/mol. The van der Waals surface area contributed by atoms with Crippen LogP contribution in [0.3, 0.4) is 0 Å². The number of carbonyl (C=O) groups excluding carboxylic acids is 1. The van der Waals surface area contributed by atoms with Crippen LogP contribution in [-0.4, -0.2) is 23.4 Å². The topological polar surface area (TPSA) is 47.6 Å². The van der Waals surface area contributed by atoms with Gasteiger partial charge in [-0.05, 0) is 37.1 Å². The number of hydrogen-bond donors (Lipinski definition) is 1. The fraction of sp³-hybridized carbons (Fsp3) is 0.333. The summed E-state index contributed by atoms with van der Waals surface area (Å²) in [4.78, 5) is 12.3. The zero-order chi connectivity index (χ0) is 15.2. The minimum absolute atomic E-state index is 0.158. The lowest BCUT2D eigenvalue weighted by atomic mass is 10.2. The van der Waals surface area contributed by atoms with Crippen LogP contribution >= 0.6 is 24.0 Å². The fourth-order valence-corrected chi connectivity index (χ4v) is 2.83. The van der Waals surface area contributed by atoms with Crippen LogP contribution in [0.2, 0.25) is 0 Å². The van der Waals surface area contributed by atoms with Crippen LogP contribution < -0.4 is 14.8 Å². The second-order valence-electron chi connectivity index (χ2n) is 4.34. The van der Waals surface area contributed by atoms with Crippen LogP contribution in [0.4, 0.5) is 0 Å². The van der Waals surface area contributed by atoms with Gasteiger partial charge in [0.1, 0.15) is 4.32 Å². The summed E-state index contributed by atoms with van der Waals surface area (Å²) < 4.78 is 11.7. The maximum absolute atomic E-state index is 11.7. The quantitative estimate of drug-likeness (QED) is 0.642. The summed E-state index contributed by atoms with van der Waals surface area (Å²) in [5.41, 5.74) is 0.879. The van der Waals surface area contributed by atoms with E-state index < -0.39 is 0 Å². The third-order valence-corrected chi connectivity index (χ3v) is 3.83. The molecule has 21 heavy (non-hydrogen) atoms. The van der Waals surface area contributed by atoms with Crippen molar-refractivity contribution >= 4 is 40.3 Å². The fourth-order valence-electron chi connectivity index (χ4n) is 1.79. The van der Waals surface area contributed by atoms with E-state index >= 15 is 0 Å². The average Bonchev–Trinajstić information content (AvgIpc) is 2.76. The molecule has 1 saturated heterocycles. The van der Waals surface area contributed by atoms with Crippen molar-refractivity contribution in [3.05, 3.63) is 28.7 Å². The lowest BCUT2D eigenvalue weighted by Crippen LogP contribution is -2.17. The molecule has 0 unspecified atom stereocenters. The van der Waals surface area contributed by atoms with Gasteiger partial charge in [-0.2, -0.15) is 0 Å². The molecule has 2 rings (SSSR count). The van der Waals surface area contributed by atoms with Crippen molar-refractivity contribution in [1.82, 2.24) is 5.32 Å². The number of thiocarbonyl (C=S) groups is 1. The van der Waals surface area contributed by atoms with Gasteiger partial charge in [-0.25, -0.2) is 0 Å². The zero-order valence-corrected chi connectivity index (χ0v) is 13.6. The molecule has 1 N–H and O–H groups in total. The molecular formula is C15H17NO3S2. The Morgan fingerprint density at radius 3 is 2.71 bits per heavy atom. The van der Waals surface area contributed by atoms with E-state index in [1.54, 1.807) is 6.08 Å². The minimum Gasteiger partial charge on any atom is -0.490 e. The molecule has 1 aromatic carbocycles. The van der Waals surface area contributed by atoms with Crippen molar-refractivity contribution in [2.45, 2.75) is 20.3 Å². The van der Waals surface area contributed by atoms with Gasteiger partial charge in [-0.3, -0.25) is 4.79 Å². The lowest BCUT2D eigenvalue weighted by Gasteiger charge is -2.12. The van der Waals surface area contributed by atoms with Gasteiger partial charge in [0.05, 0.1) is 18.1 Å². The second-order valence-corrected chi connectivity index (χ2v) is 6.06.